The zero-order chi connectivity index (χ0) is 21.1. The van der Waals surface area contributed by atoms with Gasteiger partial charge >= 0.3 is 0 Å². The van der Waals surface area contributed by atoms with Crippen molar-refractivity contribution in [3.05, 3.63) is 120 Å². The normalized spacial score (nSPS) is 12.2. The topological polar surface area (TPSA) is 0 Å². The van der Waals surface area contributed by atoms with Crippen LogP contribution >= 0.6 is 0 Å². The van der Waals surface area contributed by atoms with Crippen LogP contribution in [0.15, 0.2) is 109 Å². The molecule has 0 heteroatoms. The summed E-state index contributed by atoms with van der Waals surface area (Å²) in [4.78, 5) is 0. The summed E-state index contributed by atoms with van der Waals surface area (Å²) in [5.41, 5.74) is 7.76. The minimum atomic E-state index is 1.26. The van der Waals surface area contributed by atoms with Crippen molar-refractivity contribution in [1.29, 1.82) is 0 Å². The molecule has 7 rings (SSSR count). The smallest absolute Gasteiger partial charge is 0.00268 e. The molecular formula is C32H20. The van der Waals surface area contributed by atoms with Crippen LogP contribution < -0.4 is 0 Å². The van der Waals surface area contributed by atoms with Crippen LogP contribution in [0.25, 0.3) is 66.7 Å². The fraction of sp³-hybridized carbons (Fsp3) is 0. The first-order valence-corrected chi connectivity index (χ1v) is 11.1. The summed E-state index contributed by atoms with van der Waals surface area (Å²) < 4.78 is 0. The van der Waals surface area contributed by atoms with Crippen molar-refractivity contribution in [3.63, 3.8) is 0 Å². The standard InChI is InChI=1S/C32H20/c1-3-9-28-25(6-1)20-26-7-2-4-10-29(26)32(28)24-14-12-21(13-15-24)27-19-18-23-17-16-22-8-5-11-30(27)31(22)23/h1-20H. The highest BCUT2D eigenvalue weighted by molar-refractivity contribution is 6.13. The minimum Gasteiger partial charge on any atom is -0.0616 e. The first kappa shape index (κ1) is 17.5. The van der Waals surface area contributed by atoms with E-state index in [-0.39, 0.29) is 0 Å². The number of hydrogen-bond donors (Lipinski definition) is 0. The Kier molecular flexibility index (Phi) is 3.65. The Morgan fingerprint density at radius 3 is 1.72 bits per heavy atom. The van der Waals surface area contributed by atoms with Crippen LogP contribution in [0.1, 0.15) is 11.1 Å². The maximum absolute atomic E-state index is 2.29. The zero-order valence-corrected chi connectivity index (χ0v) is 17.5. The highest BCUT2D eigenvalue weighted by atomic mass is 14.2. The van der Waals surface area contributed by atoms with Crippen molar-refractivity contribution in [3.8, 4) is 22.3 Å². The summed E-state index contributed by atoms with van der Waals surface area (Å²) >= 11 is 0. The molecule has 0 fully saturated rings. The number of benzene rings is 6. The fourth-order valence-electron chi connectivity index (χ4n) is 5.31. The van der Waals surface area contributed by atoms with Crippen LogP contribution in [-0.2, 0) is 0 Å². The van der Waals surface area contributed by atoms with Gasteiger partial charge in [-0.2, -0.15) is 0 Å². The van der Waals surface area contributed by atoms with E-state index in [2.05, 4.69) is 121 Å². The van der Waals surface area contributed by atoms with Gasteiger partial charge in [-0.25, -0.2) is 0 Å². The molecule has 0 bridgehead atoms. The van der Waals surface area contributed by atoms with Gasteiger partial charge in [-0.05, 0) is 71.8 Å². The fourth-order valence-corrected chi connectivity index (χ4v) is 5.31. The Balaban J connectivity index is 1.43. The molecule has 0 spiro atoms. The van der Waals surface area contributed by atoms with Crippen LogP contribution in [0, 0.1) is 0 Å². The van der Waals surface area contributed by atoms with Gasteiger partial charge in [0, 0.05) is 0 Å². The molecule has 0 nitrogen and oxygen atoms in total. The van der Waals surface area contributed by atoms with E-state index in [1.807, 2.05) is 0 Å². The predicted molar refractivity (Wildman–Crippen MR) is 139 cm³/mol. The molecule has 0 heterocycles. The van der Waals surface area contributed by atoms with Crippen molar-refractivity contribution in [1.82, 2.24) is 0 Å². The van der Waals surface area contributed by atoms with Crippen molar-refractivity contribution >= 4 is 44.5 Å². The van der Waals surface area contributed by atoms with E-state index < -0.39 is 0 Å². The van der Waals surface area contributed by atoms with E-state index in [0.717, 1.165) is 0 Å². The van der Waals surface area contributed by atoms with Gasteiger partial charge < -0.3 is 0 Å². The van der Waals surface area contributed by atoms with E-state index in [9.17, 15) is 0 Å². The zero-order valence-electron chi connectivity index (χ0n) is 17.5. The van der Waals surface area contributed by atoms with Gasteiger partial charge in [0.15, 0.2) is 0 Å². The Bertz CT molecular complexity index is 1630. The quantitative estimate of drug-likeness (QED) is 0.252. The second-order valence-electron chi connectivity index (χ2n) is 8.58. The Labute approximate surface area is 187 Å². The van der Waals surface area contributed by atoms with Crippen LogP contribution in [0.4, 0.5) is 0 Å². The van der Waals surface area contributed by atoms with Crippen molar-refractivity contribution < 1.29 is 0 Å². The highest BCUT2D eigenvalue weighted by Gasteiger charge is 2.14. The van der Waals surface area contributed by atoms with E-state index >= 15 is 0 Å². The first-order valence-electron chi connectivity index (χ1n) is 11.1. The molecule has 0 aromatic heterocycles. The summed E-state index contributed by atoms with van der Waals surface area (Å²) in [5.74, 6) is 0. The number of rotatable bonds is 2. The molecule has 1 aliphatic rings. The molecule has 0 saturated heterocycles. The SMILES string of the molecule is C1=Cc2ccc(-c3ccc(-c4c5ccccc5cc5ccccc45)cc3)c3cccc1c23. The summed E-state index contributed by atoms with van der Waals surface area (Å²) in [7, 11) is 0. The molecule has 0 amide bonds. The summed E-state index contributed by atoms with van der Waals surface area (Å²) in [6.45, 7) is 0. The van der Waals surface area contributed by atoms with Crippen molar-refractivity contribution in [2.45, 2.75) is 0 Å². The van der Waals surface area contributed by atoms with Crippen LogP contribution in [-0.4, -0.2) is 0 Å². The van der Waals surface area contributed by atoms with E-state index in [0.29, 0.717) is 0 Å². The lowest BCUT2D eigenvalue weighted by Crippen LogP contribution is -1.87. The summed E-state index contributed by atoms with van der Waals surface area (Å²) in [5, 5.41) is 7.86. The number of hydrogen-bond acceptors (Lipinski definition) is 0. The molecule has 6 aromatic rings. The largest absolute Gasteiger partial charge is 0.0616 e. The summed E-state index contributed by atoms with van der Waals surface area (Å²) in [6, 6.07) is 39.9. The first-order chi connectivity index (χ1) is 15.9. The van der Waals surface area contributed by atoms with Gasteiger partial charge in [-0.1, -0.05) is 115 Å². The third kappa shape index (κ3) is 2.50. The van der Waals surface area contributed by atoms with Crippen molar-refractivity contribution in [2.24, 2.45) is 0 Å². The third-order valence-corrected chi connectivity index (χ3v) is 6.80. The van der Waals surface area contributed by atoms with E-state index in [1.165, 1.54) is 65.7 Å². The Hall–Kier alpha value is -4.16. The molecule has 1 aliphatic carbocycles. The lowest BCUT2D eigenvalue weighted by Gasteiger charge is -2.14. The maximum Gasteiger partial charge on any atom is -0.00268 e. The molecule has 0 atom stereocenters. The molecule has 0 radical (unpaired) electrons. The Morgan fingerprint density at radius 1 is 0.406 bits per heavy atom. The van der Waals surface area contributed by atoms with E-state index in [1.54, 1.807) is 0 Å². The molecule has 6 aromatic carbocycles. The average molecular weight is 405 g/mol. The van der Waals surface area contributed by atoms with Gasteiger partial charge in [-0.15, -0.1) is 0 Å². The third-order valence-electron chi connectivity index (χ3n) is 6.80. The maximum atomic E-state index is 2.29. The molecule has 148 valence electrons. The lowest BCUT2D eigenvalue weighted by atomic mass is 9.90. The molecule has 0 saturated carbocycles. The molecule has 0 unspecified atom stereocenters. The van der Waals surface area contributed by atoms with E-state index in [4.69, 9.17) is 0 Å². The lowest BCUT2D eigenvalue weighted by molar-refractivity contribution is 1.63. The van der Waals surface area contributed by atoms with Crippen molar-refractivity contribution in [2.75, 3.05) is 0 Å². The highest BCUT2D eigenvalue weighted by Crippen LogP contribution is 2.40. The average Bonchev–Trinajstić information content (AvgIpc) is 3.28. The number of fused-ring (bicyclic) bond motifs is 2. The Morgan fingerprint density at radius 2 is 1.00 bits per heavy atom. The molecule has 0 N–H and O–H groups in total. The monoisotopic (exact) mass is 404 g/mol. The van der Waals surface area contributed by atoms with Gasteiger partial charge in [0.1, 0.15) is 0 Å². The van der Waals surface area contributed by atoms with Crippen LogP contribution in [0.5, 0.6) is 0 Å². The minimum absolute atomic E-state index is 1.26. The van der Waals surface area contributed by atoms with Gasteiger partial charge in [0.25, 0.3) is 0 Å². The van der Waals surface area contributed by atoms with Gasteiger partial charge in [0.2, 0.25) is 0 Å². The second kappa shape index (κ2) is 6.67. The van der Waals surface area contributed by atoms with Crippen LogP contribution in [0.3, 0.4) is 0 Å². The van der Waals surface area contributed by atoms with Gasteiger partial charge in [0.05, 0.1) is 0 Å². The predicted octanol–water partition coefficient (Wildman–Crippen LogP) is 8.96. The van der Waals surface area contributed by atoms with Gasteiger partial charge in [-0.3, -0.25) is 0 Å². The summed E-state index contributed by atoms with van der Waals surface area (Å²) in [6.07, 6.45) is 4.44. The molecule has 0 aliphatic heterocycles. The molecule has 32 heavy (non-hydrogen) atoms. The van der Waals surface area contributed by atoms with Crippen LogP contribution in [0.2, 0.25) is 0 Å². The molecular weight excluding hydrogens is 384 g/mol. The second-order valence-corrected chi connectivity index (χ2v) is 8.58.